The molecule has 2 aliphatic rings. The molecule has 0 saturated carbocycles. The summed E-state index contributed by atoms with van der Waals surface area (Å²) < 4.78 is 11.4. The number of nitrogens with one attached hydrogen (secondary N) is 1. The average molecular weight is 383 g/mol. The number of likely N-dealkylation sites (tertiary alicyclic amines) is 1. The third kappa shape index (κ3) is 4.22. The minimum absolute atomic E-state index is 0.0593. The molecule has 0 radical (unpaired) electrons. The number of ether oxygens (including phenoxy) is 2. The molecule has 0 bridgehead atoms. The molecule has 2 heterocycles. The summed E-state index contributed by atoms with van der Waals surface area (Å²) in [6.45, 7) is 3.36. The molecule has 2 amide bonds. The summed E-state index contributed by atoms with van der Waals surface area (Å²) in [6, 6.07) is 4.66. The number of carboxylic acids is 1. The van der Waals surface area contributed by atoms with E-state index in [9.17, 15) is 14.7 Å². The van der Waals surface area contributed by atoms with Gasteiger partial charge in [0.1, 0.15) is 12.4 Å². The molecule has 0 aliphatic carbocycles. The highest BCUT2D eigenvalue weighted by molar-refractivity contribution is 6.31. The third-order valence-corrected chi connectivity index (χ3v) is 5.14. The van der Waals surface area contributed by atoms with Crippen molar-refractivity contribution in [1.82, 2.24) is 4.90 Å². The molecular formula is C18H23ClN2O5. The fourth-order valence-electron chi connectivity index (χ4n) is 3.19. The number of benzene rings is 1. The van der Waals surface area contributed by atoms with Gasteiger partial charge in [-0.3, -0.25) is 4.79 Å². The molecule has 26 heavy (non-hydrogen) atoms. The monoisotopic (exact) mass is 382 g/mol. The predicted octanol–water partition coefficient (Wildman–Crippen LogP) is 3.23. The Morgan fingerprint density at radius 3 is 2.96 bits per heavy atom. The van der Waals surface area contributed by atoms with Crippen molar-refractivity contribution in [1.29, 1.82) is 0 Å². The van der Waals surface area contributed by atoms with Crippen LogP contribution in [-0.2, 0) is 9.53 Å². The standard InChI is InChI=1S/C18H23ClN2O5/c1-18(16(22)23)6-7-21(11-18)17(24)20-14-9-12(19)4-5-15(14)26-10-13-3-2-8-25-13/h4-5,9,13H,2-3,6-8,10-11H2,1H3,(H,20,24)(H,22,23). The van der Waals surface area contributed by atoms with E-state index >= 15 is 0 Å². The zero-order valence-corrected chi connectivity index (χ0v) is 15.4. The Hall–Kier alpha value is -1.99. The summed E-state index contributed by atoms with van der Waals surface area (Å²) in [6.07, 6.45) is 2.46. The van der Waals surface area contributed by atoms with Crippen molar-refractivity contribution in [3.05, 3.63) is 23.2 Å². The van der Waals surface area contributed by atoms with Crippen LogP contribution in [0.25, 0.3) is 0 Å². The van der Waals surface area contributed by atoms with Crippen molar-refractivity contribution < 1.29 is 24.2 Å². The fourth-order valence-corrected chi connectivity index (χ4v) is 3.36. The minimum atomic E-state index is -0.912. The Labute approximate surface area is 157 Å². The number of rotatable bonds is 5. The van der Waals surface area contributed by atoms with E-state index in [1.54, 1.807) is 25.1 Å². The number of halogens is 1. The van der Waals surface area contributed by atoms with Crippen molar-refractivity contribution in [3.63, 3.8) is 0 Å². The SMILES string of the molecule is CC1(C(=O)O)CCN(C(=O)Nc2cc(Cl)ccc2OCC2CCCO2)C1. The van der Waals surface area contributed by atoms with E-state index in [1.165, 1.54) is 4.90 Å². The van der Waals surface area contributed by atoms with Gasteiger partial charge in [-0.2, -0.15) is 0 Å². The van der Waals surface area contributed by atoms with E-state index in [4.69, 9.17) is 21.1 Å². The van der Waals surface area contributed by atoms with Crippen molar-refractivity contribution in [2.75, 3.05) is 31.6 Å². The van der Waals surface area contributed by atoms with Crippen LogP contribution in [0.1, 0.15) is 26.2 Å². The predicted molar refractivity (Wildman–Crippen MR) is 96.9 cm³/mol. The molecular weight excluding hydrogens is 360 g/mol. The summed E-state index contributed by atoms with van der Waals surface area (Å²) in [5.74, 6) is -0.380. The molecule has 3 rings (SSSR count). The lowest BCUT2D eigenvalue weighted by molar-refractivity contribution is -0.146. The first-order chi connectivity index (χ1) is 12.4. The second-order valence-corrected chi connectivity index (χ2v) is 7.49. The lowest BCUT2D eigenvalue weighted by Gasteiger charge is -2.21. The fraction of sp³-hybridized carbons (Fsp3) is 0.556. The summed E-state index contributed by atoms with van der Waals surface area (Å²) in [5, 5.41) is 12.6. The Bertz CT molecular complexity index is 692. The Morgan fingerprint density at radius 2 is 2.31 bits per heavy atom. The van der Waals surface area contributed by atoms with Crippen LogP contribution in [0, 0.1) is 5.41 Å². The first-order valence-electron chi connectivity index (χ1n) is 8.71. The number of carbonyl (C=O) groups excluding carboxylic acids is 1. The van der Waals surface area contributed by atoms with E-state index in [2.05, 4.69) is 5.32 Å². The normalized spacial score (nSPS) is 25.3. The number of urea groups is 1. The van der Waals surface area contributed by atoms with Crippen LogP contribution in [-0.4, -0.2) is 54.4 Å². The number of anilines is 1. The Balaban J connectivity index is 1.65. The molecule has 2 saturated heterocycles. The van der Waals surface area contributed by atoms with Crippen LogP contribution >= 0.6 is 11.6 Å². The molecule has 2 N–H and O–H groups in total. The molecule has 2 unspecified atom stereocenters. The highest BCUT2D eigenvalue weighted by atomic mass is 35.5. The van der Waals surface area contributed by atoms with Crippen LogP contribution in [0.5, 0.6) is 5.75 Å². The second-order valence-electron chi connectivity index (χ2n) is 7.05. The topological polar surface area (TPSA) is 88.1 Å². The van der Waals surface area contributed by atoms with Gasteiger partial charge in [0.25, 0.3) is 0 Å². The highest BCUT2D eigenvalue weighted by Gasteiger charge is 2.42. The van der Waals surface area contributed by atoms with Crippen molar-refractivity contribution in [2.45, 2.75) is 32.3 Å². The first kappa shape index (κ1) is 18.8. The molecule has 7 nitrogen and oxygen atoms in total. The van der Waals surface area contributed by atoms with Gasteiger partial charge in [-0.25, -0.2) is 4.79 Å². The van der Waals surface area contributed by atoms with Crippen molar-refractivity contribution in [2.24, 2.45) is 5.41 Å². The van der Waals surface area contributed by atoms with Gasteiger partial charge in [0.05, 0.1) is 17.2 Å². The van der Waals surface area contributed by atoms with Gasteiger partial charge in [0.2, 0.25) is 0 Å². The molecule has 0 spiro atoms. The largest absolute Gasteiger partial charge is 0.489 e. The molecule has 0 aromatic heterocycles. The van der Waals surface area contributed by atoms with Crippen molar-refractivity contribution in [3.8, 4) is 5.75 Å². The van der Waals surface area contributed by atoms with Crippen LogP contribution in [0.15, 0.2) is 18.2 Å². The molecule has 1 aromatic rings. The highest BCUT2D eigenvalue weighted by Crippen LogP contribution is 2.32. The lowest BCUT2D eigenvalue weighted by Crippen LogP contribution is -2.37. The maximum atomic E-state index is 12.5. The Kier molecular flexibility index (Phi) is 5.58. The number of amides is 2. The van der Waals surface area contributed by atoms with Crippen LogP contribution in [0.3, 0.4) is 0 Å². The maximum absolute atomic E-state index is 12.5. The number of hydrogen-bond donors (Lipinski definition) is 2. The minimum Gasteiger partial charge on any atom is -0.489 e. The summed E-state index contributed by atoms with van der Waals surface area (Å²) >= 11 is 6.05. The first-order valence-corrected chi connectivity index (χ1v) is 9.08. The molecule has 1 aromatic carbocycles. The smallest absolute Gasteiger partial charge is 0.321 e. The van der Waals surface area contributed by atoms with Gasteiger partial charge < -0.3 is 24.8 Å². The van der Waals surface area contributed by atoms with E-state index in [1.807, 2.05) is 0 Å². The van der Waals surface area contributed by atoms with Gasteiger partial charge in [-0.15, -0.1) is 0 Å². The average Bonchev–Trinajstić information content (AvgIpc) is 3.24. The van der Waals surface area contributed by atoms with E-state index in [-0.39, 0.29) is 18.7 Å². The zero-order valence-electron chi connectivity index (χ0n) is 14.7. The van der Waals surface area contributed by atoms with E-state index < -0.39 is 11.4 Å². The number of nitrogens with zero attached hydrogens (tertiary/aromatic N) is 1. The van der Waals surface area contributed by atoms with Crippen LogP contribution < -0.4 is 10.1 Å². The summed E-state index contributed by atoms with van der Waals surface area (Å²) in [7, 11) is 0. The lowest BCUT2D eigenvalue weighted by atomic mass is 9.90. The third-order valence-electron chi connectivity index (χ3n) is 4.91. The van der Waals surface area contributed by atoms with Crippen molar-refractivity contribution >= 4 is 29.3 Å². The van der Waals surface area contributed by atoms with E-state index in [0.29, 0.717) is 36.0 Å². The molecule has 2 fully saturated rings. The van der Waals surface area contributed by atoms with E-state index in [0.717, 1.165) is 19.4 Å². The van der Waals surface area contributed by atoms with Gasteiger partial charge in [-0.1, -0.05) is 11.6 Å². The zero-order chi connectivity index (χ0) is 18.7. The quantitative estimate of drug-likeness (QED) is 0.816. The van der Waals surface area contributed by atoms with Crippen LogP contribution in [0.4, 0.5) is 10.5 Å². The molecule has 142 valence electrons. The number of hydrogen-bond acceptors (Lipinski definition) is 4. The Morgan fingerprint density at radius 1 is 1.50 bits per heavy atom. The molecule has 2 atom stereocenters. The molecule has 2 aliphatic heterocycles. The van der Waals surface area contributed by atoms with Gasteiger partial charge in [0, 0.05) is 24.7 Å². The number of aliphatic carboxylic acids is 1. The molecule has 8 heteroatoms. The number of carboxylic acid groups (broad SMARTS) is 1. The van der Waals surface area contributed by atoms with Gasteiger partial charge in [0.15, 0.2) is 0 Å². The number of carbonyl (C=O) groups is 2. The summed E-state index contributed by atoms with van der Waals surface area (Å²) in [5.41, 5.74) is -0.449. The van der Waals surface area contributed by atoms with Gasteiger partial charge in [-0.05, 0) is 44.4 Å². The van der Waals surface area contributed by atoms with Gasteiger partial charge >= 0.3 is 12.0 Å². The summed E-state index contributed by atoms with van der Waals surface area (Å²) in [4.78, 5) is 25.4. The second kappa shape index (κ2) is 7.72. The maximum Gasteiger partial charge on any atom is 0.321 e. The van der Waals surface area contributed by atoms with Crippen LogP contribution in [0.2, 0.25) is 5.02 Å².